The Morgan fingerprint density at radius 1 is 1.50 bits per heavy atom. The third kappa shape index (κ3) is 3.17. The summed E-state index contributed by atoms with van der Waals surface area (Å²) in [6.07, 6.45) is 2.06. The number of hydrogen-bond acceptors (Lipinski definition) is 4. The fraction of sp³-hybridized carbons (Fsp3) is 0.917. The highest BCUT2D eigenvalue weighted by Gasteiger charge is 2.50. The number of esters is 1. The second kappa shape index (κ2) is 5.09. The van der Waals surface area contributed by atoms with Gasteiger partial charge in [-0.2, -0.15) is 8.78 Å². The molecule has 0 radical (unpaired) electrons. The molecule has 0 bridgehead atoms. The molecule has 0 spiro atoms. The third-order valence-electron chi connectivity index (χ3n) is 3.72. The van der Waals surface area contributed by atoms with E-state index in [2.05, 4.69) is 10.1 Å². The molecular formula is C12H19F2NO3. The monoisotopic (exact) mass is 263 g/mol. The molecule has 1 saturated heterocycles. The van der Waals surface area contributed by atoms with Crippen molar-refractivity contribution in [2.24, 2.45) is 5.41 Å². The predicted molar refractivity (Wildman–Crippen MR) is 60.5 cm³/mol. The van der Waals surface area contributed by atoms with Gasteiger partial charge in [-0.15, -0.1) is 0 Å². The molecule has 0 aromatic carbocycles. The summed E-state index contributed by atoms with van der Waals surface area (Å²) in [6.45, 7) is 1.80. The molecule has 0 aromatic rings. The maximum absolute atomic E-state index is 12.9. The number of carbonyl (C=O) groups is 1. The fourth-order valence-corrected chi connectivity index (χ4v) is 2.27. The third-order valence-corrected chi connectivity index (χ3v) is 3.72. The Bertz CT molecular complexity index is 318. The number of hydrogen-bond donors (Lipinski definition) is 1. The molecule has 2 rings (SSSR count). The first kappa shape index (κ1) is 13.7. The van der Waals surface area contributed by atoms with Crippen molar-refractivity contribution >= 4 is 5.97 Å². The quantitative estimate of drug-likeness (QED) is 0.704. The average Bonchev–Trinajstić information content (AvgIpc) is 3.00. The SMILES string of the molecule is COCCC1(CNCC2CC(F)(F)C(=O)O2)CC1. The summed E-state index contributed by atoms with van der Waals surface area (Å²) in [5.74, 6) is -4.70. The summed E-state index contributed by atoms with van der Waals surface area (Å²) in [5, 5.41) is 3.13. The van der Waals surface area contributed by atoms with E-state index in [9.17, 15) is 13.6 Å². The van der Waals surface area contributed by atoms with Gasteiger partial charge in [0.1, 0.15) is 6.10 Å². The Kier molecular flexibility index (Phi) is 3.87. The largest absolute Gasteiger partial charge is 0.456 e. The number of ether oxygens (including phenoxy) is 2. The van der Waals surface area contributed by atoms with E-state index in [-0.39, 0.29) is 5.41 Å². The highest BCUT2D eigenvalue weighted by molar-refractivity contribution is 5.79. The van der Waals surface area contributed by atoms with Crippen molar-refractivity contribution in [3.63, 3.8) is 0 Å². The molecule has 1 aliphatic heterocycles. The Balaban J connectivity index is 1.66. The molecule has 4 nitrogen and oxygen atoms in total. The number of rotatable bonds is 7. The Morgan fingerprint density at radius 2 is 2.22 bits per heavy atom. The molecule has 2 aliphatic rings. The summed E-state index contributed by atoms with van der Waals surface area (Å²) in [7, 11) is 1.67. The molecule has 1 unspecified atom stereocenters. The minimum absolute atomic E-state index is 0.265. The van der Waals surface area contributed by atoms with Crippen LogP contribution in [0.25, 0.3) is 0 Å². The summed E-state index contributed by atoms with van der Waals surface area (Å²) in [4.78, 5) is 10.8. The van der Waals surface area contributed by atoms with Gasteiger partial charge in [-0.25, -0.2) is 4.79 Å². The summed E-state index contributed by atoms with van der Waals surface area (Å²) < 4.78 is 35.5. The first-order valence-corrected chi connectivity index (χ1v) is 6.26. The van der Waals surface area contributed by atoms with E-state index in [1.807, 2.05) is 0 Å². The number of halogens is 2. The number of carbonyl (C=O) groups excluding carboxylic acids is 1. The molecule has 6 heteroatoms. The second-order valence-corrected chi connectivity index (χ2v) is 5.31. The number of methoxy groups -OCH3 is 1. The first-order chi connectivity index (χ1) is 8.47. The van der Waals surface area contributed by atoms with E-state index in [1.165, 1.54) is 0 Å². The van der Waals surface area contributed by atoms with Gasteiger partial charge >= 0.3 is 11.9 Å². The Morgan fingerprint density at radius 3 is 2.72 bits per heavy atom. The lowest BCUT2D eigenvalue weighted by Crippen LogP contribution is -2.32. The molecule has 1 saturated carbocycles. The number of alkyl halides is 2. The minimum atomic E-state index is -3.31. The highest BCUT2D eigenvalue weighted by atomic mass is 19.3. The van der Waals surface area contributed by atoms with Gasteiger partial charge < -0.3 is 14.8 Å². The van der Waals surface area contributed by atoms with E-state index in [0.717, 1.165) is 32.4 Å². The molecule has 0 aromatic heterocycles. The molecule has 2 fully saturated rings. The van der Waals surface area contributed by atoms with Crippen molar-refractivity contribution in [2.75, 3.05) is 26.8 Å². The Hall–Kier alpha value is -0.750. The van der Waals surface area contributed by atoms with Crippen molar-refractivity contribution in [1.29, 1.82) is 0 Å². The van der Waals surface area contributed by atoms with Crippen LogP contribution in [-0.2, 0) is 14.3 Å². The van der Waals surface area contributed by atoms with Crippen LogP contribution in [0.4, 0.5) is 8.78 Å². The van der Waals surface area contributed by atoms with Crippen LogP contribution in [0.2, 0.25) is 0 Å². The minimum Gasteiger partial charge on any atom is -0.456 e. The van der Waals surface area contributed by atoms with Gasteiger partial charge in [0.05, 0.1) is 6.42 Å². The van der Waals surface area contributed by atoms with Crippen molar-refractivity contribution in [2.45, 2.75) is 37.7 Å². The van der Waals surface area contributed by atoms with Gasteiger partial charge in [0.25, 0.3) is 0 Å². The fourth-order valence-electron chi connectivity index (χ4n) is 2.27. The van der Waals surface area contributed by atoms with Gasteiger partial charge in [0.15, 0.2) is 0 Å². The van der Waals surface area contributed by atoms with Crippen LogP contribution in [0.1, 0.15) is 25.7 Å². The van der Waals surface area contributed by atoms with E-state index >= 15 is 0 Å². The van der Waals surface area contributed by atoms with Crippen LogP contribution in [0.3, 0.4) is 0 Å². The van der Waals surface area contributed by atoms with Gasteiger partial charge in [-0.1, -0.05) is 0 Å². The van der Waals surface area contributed by atoms with Gasteiger partial charge in [0, 0.05) is 26.8 Å². The molecule has 18 heavy (non-hydrogen) atoms. The lowest BCUT2D eigenvalue weighted by Gasteiger charge is -2.17. The van der Waals surface area contributed by atoms with E-state index < -0.39 is 24.4 Å². The molecule has 0 amide bonds. The van der Waals surface area contributed by atoms with Crippen molar-refractivity contribution < 1.29 is 23.0 Å². The zero-order valence-corrected chi connectivity index (χ0v) is 10.5. The maximum Gasteiger partial charge on any atom is 0.377 e. The smallest absolute Gasteiger partial charge is 0.377 e. The summed E-state index contributed by atoms with van der Waals surface area (Å²) in [5.41, 5.74) is 0.265. The Labute approximate surface area is 105 Å². The van der Waals surface area contributed by atoms with Gasteiger partial charge in [0.2, 0.25) is 0 Å². The van der Waals surface area contributed by atoms with Crippen molar-refractivity contribution in [3.8, 4) is 0 Å². The second-order valence-electron chi connectivity index (χ2n) is 5.31. The summed E-state index contributed by atoms with van der Waals surface area (Å²) >= 11 is 0. The average molecular weight is 263 g/mol. The van der Waals surface area contributed by atoms with Crippen molar-refractivity contribution in [3.05, 3.63) is 0 Å². The van der Waals surface area contributed by atoms with Crippen LogP contribution in [0.5, 0.6) is 0 Å². The summed E-state index contributed by atoms with van der Waals surface area (Å²) in [6, 6.07) is 0. The van der Waals surface area contributed by atoms with Crippen LogP contribution >= 0.6 is 0 Å². The van der Waals surface area contributed by atoms with Gasteiger partial charge in [-0.3, -0.25) is 0 Å². The normalized spacial score (nSPS) is 28.2. The lowest BCUT2D eigenvalue weighted by atomic mass is 10.0. The van der Waals surface area contributed by atoms with Gasteiger partial charge in [-0.05, 0) is 24.7 Å². The van der Waals surface area contributed by atoms with Crippen LogP contribution < -0.4 is 5.32 Å². The maximum atomic E-state index is 12.9. The van der Waals surface area contributed by atoms with E-state index in [1.54, 1.807) is 7.11 Å². The topological polar surface area (TPSA) is 47.6 Å². The highest BCUT2D eigenvalue weighted by Crippen LogP contribution is 2.48. The molecule has 1 aliphatic carbocycles. The molecular weight excluding hydrogens is 244 g/mol. The van der Waals surface area contributed by atoms with Crippen LogP contribution in [0, 0.1) is 5.41 Å². The molecule has 104 valence electrons. The molecule has 1 N–H and O–H groups in total. The van der Waals surface area contributed by atoms with Crippen molar-refractivity contribution in [1.82, 2.24) is 5.32 Å². The van der Waals surface area contributed by atoms with E-state index in [4.69, 9.17) is 4.74 Å². The van der Waals surface area contributed by atoms with Crippen LogP contribution in [-0.4, -0.2) is 44.8 Å². The molecule has 1 atom stereocenters. The zero-order valence-electron chi connectivity index (χ0n) is 10.5. The molecule has 1 heterocycles. The number of nitrogens with one attached hydrogen (secondary N) is 1. The lowest BCUT2D eigenvalue weighted by molar-refractivity contribution is -0.159. The van der Waals surface area contributed by atoms with E-state index in [0.29, 0.717) is 6.54 Å². The standard InChI is InChI=1S/C12H19F2NO3/c1-17-5-4-11(2-3-11)8-15-7-9-6-12(13,14)10(16)18-9/h9,15H,2-8H2,1H3. The predicted octanol–water partition coefficient (Wildman–Crippen LogP) is 1.34. The number of cyclic esters (lactones) is 1. The zero-order chi connectivity index (χ0) is 13.2. The first-order valence-electron chi connectivity index (χ1n) is 6.26. The van der Waals surface area contributed by atoms with Crippen LogP contribution in [0.15, 0.2) is 0 Å².